The second-order valence-electron chi connectivity index (χ2n) is 8.42. The van der Waals surface area contributed by atoms with Gasteiger partial charge in [-0.2, -0.15) is 0 Å². The quantitative estimate of drug-likeness (QED) is 0.822. The summed E-state index contributed by atoms with van der Waals surface area (Å²) in [6.07, 6.45) is 3.66. The summed E-state index contributed by atoms with van der Waals surface area (Å²) in [6.45, 7) is 2.20. The van der Waals surface area contributed by atoms with Crippen molar-refractivity contribution in [2.45, 2.75) is 37.8 Å². The Hall–Kier alpha value is -2.67. The van der Waals surface area contributed by atoms with Crippen LogP contribution in [-0.4, -0.2) is 48.4 Å². The predicted molar refractivity (Wildman–Crippen MR) is 108 cm³/mol. The molecule has 2 aromatic rings. The molecule has 3 fully saturated rings. The molecule has 3 aliphatic rings. The minimum absolute atomic E-state index is 0.00526. The normalized spacial score (nSPS) is 28.8. The summed E-state index contributed by atoms with van der Waals surface area (Å²) in [7, 11) is 0. The van der Waals surface area contributed by atoms with Gasteiger partial charge < -0.3 is 20.0 Å². The molecule has 152 valence electrons. The van der Waals surface area contributed by atoms with Crippen LogP contribution in [0.2, 0.25) is 0 Å². The number of fused-ring (bicyclic) bond motifs is 5. The molecule has 29 heavy (non-hydrogen) atoms. The van der Waals surface area contributed by atoms with Crippen LogP contribution in [-0.2, 0) is 4.79 Å². The fourth-order valence-electron chi connectivity index (χ4n) is 5.40. The van der Waals surface area contributed by atoms with Crippen LogP contribution in [0.3, 0.4) is 0 Å². The lowest BCUT2D eigenvalue weighted by Crippen LogP contribution is -2.66. The van der Waals surface area contributed by atoms with Crippen molar-refractivity contribution in [3.63, 3.8) is 0 Å². The van der Waals surface area contributed by atoms with Crippen LogP contribution >= 0.6 is 0 Å². The molecular formula is C22H25N3O4. The van der Waals surface area contributed by atoms with Crippen LogP contribution in [0.15, 0.2) is 39.5 Å². The van der Waals surface area contributed by atoms with Gasteiger partial charge in [0.15, 0.2) is 11.2 Å². The lowest BCUT2D eigenvalue weighted by molar-refractivity contribution is -0.148. The maximum atomic E-state index is 12.7. The summed E-state index contributed by atoms with van der Waals surface area (Å²) in [5, 5.41) is 6.88. The molecule has 3 aliphatic heterocycles. The van der Waals surface area contributed by atoms with Crippen molar-refractivity contribution in [3.05, 3.63) is 46.3 Å². The Bertz CT molecular complexity index is 1020. The molecule has 0 aliphatic carbocycles. The predicted octanol–water partition coefficient (Wildman–Crippen LogP) is 1.51. The molecule has 0 unspecified atom stereocenters. The number of hydrogen-bond donors (Lipinski definition) is 2. The van der Waals surface area contributed by atoms with Crippen LogP contribution in [0, 0.1) is 11.8 Å². The summed E-state index contributed by atoms with van der Waals surface area (Å²) >= 11 is 0. The molecular weight excluding hydrogens is 370 g/mol. The topological polar surface area (TPSA) is 91.7 Å². The first-order valence-electron chi connectivity index (χ1n) is 10.4. The Morgan fingerprint density at radius 2 is 2.03 bits per heavy atom. The van der Waals surface area contributed by atoms with Crippen LogP contribution in [0.25, 0.3) is 11.0 Å². The van der Waals surface area contributed by atoms with Crippen molar-refractivity contribution in [3.8, 4) is 0 Å². The summed E-state index contributed by atoms with van der Waals surface area (Å²) in [5.41, 5.74) is 0.161. The molecule has 1 aromatic heterocycles. The maximum absolute atomic E-state index is 12.7. The first kappa shape index (κ1) is 18.4. The molecule has 3 saturated heterocycles. The molecule has 4 atom stereocenters. The number of carbonyl (C=O) groups excluding carboxylic acids is 2. The Morgan fingerprint density at radius 1 is 1.21 bits per heavy atom. The smallest absolute Gasteiger partial charge is 0.287 e. The van der Waals surface area contributed by atoms with E-state index in [1.807, 2.05) is 0 Å². The van der Waals surface area contributed by atoms with Gasteiger partial charge in [0, 0.05) is 31.6 Å². The van der Waals surface area contributed by atoms with Gasteiger partial charge in [-0.15, -0.1) is 0 Å². The second-order valence-corrected chi connectivity index (χ2v) is 8.42. The van der Waals surface area contributed by atoms with Crippen molar-refractivity contribution in [1.82, 2.24) is 15.5 Å². The van der Waals surface area contributed by atoms with E-state index >= 15 is 0 Å². The standard InChI is InChI=1S/C22H25N3O4/c26-18-9-20(29-19-6-2-1-4-15(18)19)22(28)24-12-17-14-8-13(10-23-11-14)16-5-3-7-21(27)25(16)17/h1-2,4,6,9,13-14,16-17,23H,3,5,7-8,10-12H2,(H,24,28)/t13-,14+,16+,17+/m1/s1. The molecule has 0 saturated carbocycles. The van der Waals surface area contributed by atoms with Gasteiger partial charge in [0.25, 0.3) is 5.91 Å². The zero-order valence-corrected chi connectivity index (χ0v) is 16.2. The van der Waals surface area contributed by atoms with Gasteiger partial charge in [-0.25, -0.2) is 0 Å². The largest absolute Gasteiger partial charge is 0.451 e. The van der Waals surface area contributed by atoms with Crippen molar-refractivity contribution < 1.29 is 14.0 Å². The van der Waals surface area contributed by atoms with Gasteiger partial charge in [-0.3, -0.25) is 14.4 Å². The minimum Gasteiger partial charge on any atom is -0.451 e. The summed E-state index contributed by atoms with van der Waals surface area (Å²) in [4.78, 5) is 39.8. The maximum Gasteiger partial charge on any atom is 0.287 e. The third kappa shape index (κ3) is 3.23. The van der Waals surface area contributed by atoms with Gasteiger partial charge in [0.1, 0.15) is 5.58 Å². The highest BCUT2D eigenvalue weighted by atomic mass is 16.3. The highest BCUT2D eigenvalue weighted by Crippen LogP contribution is 2.39. The van der Waals surface area contributed by atoms with Gasteiger partial charge in [-0.05, 0) is 49.8 Å². The third-order valence-electron chi connectivity index (χ3n) is 6.73. The van der Waals surface area contributed by atoms with Crippen LogP contribution in [0.1, 0.15) is 36.2 Å². The van der Waals surface area contributed by atoms with Crippen molar-refractivity contribution in [1.29, 1.82) is 0 Å². The fraction of sp³-hybridized carbons (Fsp3) is 0.500. The zero-order valence-electron chi connectivity index (χ0n) is 16.2. The van der Waals surface area contributed by atoms with Gasteiger partial charge in [0.05, 0.1) is 11.4 Å². The number of amides is 2. The van der Waals surface area contributed by atoms with E-state index in [1.165, 1.54) is 6.07 Å². The Balaban J connectivity index is 1.36. The van der Waals surface area contributed by atoms with E-state index in [9.17, 15) is 14.4 Å². The lowest BCUT2D eigenvalue weighted by atomic mass is 9.72. The molecule has 0 spiro atoms. The number of carbonyl (C=O) groups is 2. The number of nitrogens with zero attached hydrogens (tertiary/aromatic N) is 1. The first-order chi connectivity index (χ1) is 14.1. The average molecular weight is 395 g/mol. The molecule has 2 N–H and O–H groups in total. The van der Waals surface area contributed by atoms with Crippen molar-refractivity contribution in [2.24, 2.45) is 11.8 Å². The van der Waals surface area contributed by atoms with Gasteiger partial charge >= 0.3 is 0 Å². The Morgan fingerprint density at radius 3 is 2.93 bits per heavy atom. The number of hydrogen-bond acceptors (Lipinski definition) is 5. The molecule has 2 amide bonds. The summed E-state index contributed by atoms with van der Waals surface area (Å²) in [5.74, 6) is 0.624. The zero-order chi connectivity index (χ0) is 20.0. The fourth-order valence-corrected chi connectivity index (χ4v) is 5.40. The molecule has 7 heteroatoms. The van der Waals surface area contributed by atoms with E-state index < -0.39 is 5.91 Å². The van der Waals surface area contributed by atoms with Crippen LogP contribution in [0.4, 0.5) is 0 Å². The molecule has 1 aromatic carbocycles. The molecule has 2 bridgehead atoms. The number of para-hydroxylation sites is 1. The average Bonchev–Trinajstić information content (AvgIpc) is 2.74. The monoisotopic (exact) mass is 395 g/mol. The Kier molecular flexibility index (Phi) is 4.62. The number of nitrogens with one attached hydrogen (secondary N) is 2. The first-order valence-corrected chi connectivity index (χ1v) is 10.4. The van der Waals surface area contributed by atoms with E-state index in [0.29, 0.717) is 35.8 Å². The number of piperidine rings is 3. The lowest BCUT2D eigenvalue weighted by Gasteiger charge is -2.54. The van der Waals surface area contributed by atoms with Crippen LogP contribution < -0.4 is 16.1 Å². The van der Waals surface area contributed by atoms with Crippen molar-refractivity contribution >= 4 is 22.8 Å². The molecule has 5 rings (SSSR count). The Labute approximate surface area is 168 Å². The highest BCUT2D eigenvalue weighted by molar-refractivity contribution is 5.93. The van der Waals surface area contributed by atoms with E-state index in [2.05, 4.69) is 15.5 Å². The van der Waals surface area contributed by atoms with Gasteiger partial charge in [0.2, 0.25) is 5.91 Å². The third-order valence-corrected chi connectivity index (χ3v) is 6.73. The summed E-state index contributed by atoms with van der Waals surface area (Å²) in [6, 6.07) is 8.38. The summed E-state index contributed by atoms with van der Waals surface area (Å²) < 4.78 is 5.65. The number of rotatable bonds is 3. The van der Waals surface area contributed by atoms with E-state index in [1.54, 1.807) is 24.3 Å². The highest BCUT2D eigenvalue weighted by Gasteiger charge is 2.47. The van der Waals surface area contributed by atoms with E-state index in [-0.39, 0.29) is 29.2 Å². The number of benzene rings is 1. The molecule has 0 radical (unpaired) electrons. The molecule has 4 heterocycles. The van der Waals surface area contributed by atoms with E-state index in [4.69, 9.17) is 4.42 Å². The van der Waals surface area contributed by atoms with Crippen LogP contribution in [0.5, 0.6) is 0 Å². The minimum atomic E-state index is -0.417. The van der Waals surface area contributed by atoms with Gasteiger partial charge in [-0.1, -0.05) is 12.1 Å². The SMILES string of the molecule is O=C(NC[C@H]1[C@@H]2CNC[C@@H](C2)[C@@H]2CCCC(=O)N21)c1cc(=O)c2ccccc2o1. The molecule has 7 nitrogen and oxygen atoms in total. The van der Waals surface area contributed by atoms with E-state index in [0.717, 1.165) is 32.4 Å². The van der Waals surface area contributed by atoms with Crippen molar-refractivity contribution in [2.75, 3.05) is 19.6 Å². The second kappa shape index (κ2) is 7.30.